The molecule has 0 saturated heterocycles. The van der Waals surface area contributed by atoms with Crippen LogP contribution in [0.4, 0.5) is 0 Å². The zero-order valence-electron chi connectivity index (χ0n) is 29.7. The molecule has 2 unspecified atom stereocenters. The molecule has 0 aromatic rings. The third-order valence-corrected chi connectivity index (χ3v) is 8.58. The van der Waals surface area contributed by atoms with Gasteiger partial charge in [0.05, 0.1) is 26.4 Å². The van der Waals surface area contributed by atoms with E-state index < -0.39 is 12.2 Å². The molecule has 0 bridgehead atoms. The first-order chi connectivity index (χ1) is 22.1. The number of carbonyl (C=O) groups is 2. The molecule has 0 saturated carbocycles. The summed E-state index contributed by atoms with van der Waals surface area (Å²) in [6, 6.07) is 0. The van der Waals surface area contributed by atoms with Crippen molar-refractivity contribution in [3.63, 3.8) is 0 Å². The zero-order chi connectivity index (χ0) is 33.1. The molecule has 0 aliphatic rings. The minimum absolute atomic E-state index is 0.00620. The van der Waals surface area contributed by atoms with Crippen molar-refractivity contribution < 1.29 is 34.0 Å². The largest absolute Gasteiger partial charge is 0.457 e. The van der Waals surface area contributed by atoms with Crippen LogP contribution in [-0.2, 0) is 23.8 Å². The lowest BCUT2D eigenvalue weighted by atomic mass is 10.0. The van der Waals surface area contributed by atoms with E-state index >= 15 is 0 Å². The van der Waals surface area contributed by atoms with Gasteiger partial charge in [0.1, 0.15) is 12.2 Å². The summed E-state index contributed by atoms with van der Waals surface area (Å²) in [6.45, 7) is 3.81. The first-order valence-corrected chi connectivity index (χ1v) is 19.3. The third kappa shape index (κ3) is 32.5. The molecule has 0 spiro atoms. The lowest BCUT2D eigenvalue weighted by molar-refractivity contribution is -0.160. The number of unbranched alkanes of at least 4 members (excludes halogenated alkanes) is 24. The van der Waals surface area contributed by atoms with Gasteiger partial charge in [-0.3, -0.25) is 9.59 Å². The molecule has 268 valence electrons. The predicted octanol–water partition coefficient (Wildman–Crippen LogP) is 9.77. The maximum atomic E-state index is 12.2. The highest BCUT2D eigenvalue weighted by atomic mass is 16.6. The molecule has 0 aromatic carbocycles. The van der Waals surface area contributed by atoms with Crippen LogP contribution in [-0.4, -0.2) is 60.8 Å². The summed E-state index contributed by atoms with van der Waals surface area (Å²) in [7, 11) is 0. The van der Waals surface area contributed by atoms with E-state index in [1.54, 1.807) is 0 Å². The number of hydrogen-bond acceptors (Lipinski definition) is 7. The van der Waals surface area contributed by atoms with E-state index in [0.29, 0.717) is 12.8 Å². The Bertz CT molecular complexity index is 575. The van der Waals surface area contributed by atoms with Crippen molar-refractivity contribution in [1.82, 2.24) is 0 Å². The Balaban J connectivity index is 3.72. The van der Waals surface area contributed by atoms with Crippen molar-refractivity contribution >= 4 is 11.9 Å². The molecule has 2 N–H and O–H groups in total. The van der Waals surface area contributed by atoms with E-state index in [2.05, 4.69) is 13.8 Å². The van der Waals surface area contributed by atoms with Gasteiger partial charge in [-0.05, 0) is 12.8 Å². The molecular weight excluding hydrogens is 568 g/mol. The van der Waals surface area contributed by atoms with Crippen molar-refractivity contribution in [3.05, 3.63) is 0 Å². The first kappa shape index (κ1) is 43.8. The highest BCUT2D eigenvalue weighted by molar-refractivity contribution is 5.69. The number of hydrogen-bond donors (Lipinski definition) is 2. The minimum Gasteiger partial charge on any atom is -0.457 e. The summed E-state index contributed by atoms with van der Waals surface area (Å²) >= 11 is 0. The van der Waals surface area contributed by atoms with Crippen LogP contribution in [0.5, 0.6) is 0 Å². The minimum atomic E-state index is -0.764. The van der Waals surface area contributed by atoms with E-state index in [1.165, 1.54) is 128 Å². The normalized spacial score (nSPS) is 12.7. The van der Waals surface area contributed by atoms with Gasteiger partial charge in [-0.15, -0.1) is 0 Å². The number of aliphatic hydroxyl groups excluding tert-OH is 2. The van der Waals surface area contributed by atoms with Crippen LogP contribution < -0.4 is 0 Å². The number of rotatable bonds is 36. The first-order valence-electron chi connectivity index (χ1n) is 19.3. The Morgan fingerprint density at radius 3 is 0.911 bits per heavy atom. The standard InChI is InChI=1S/C38H74O7/c1-3-5-7-9-11-13-15-17-19-21-23-25-27-29-37(41)44-35(31-39)33-43-34-36(32-40)45-38(42)30-28-26-24-22-20-18-16-14-12-10-8-6-4-2/h35-36,39-40H,3-34H2,1-2H3. The lowest BCUT2D eigenvalue weighted by Crippen LogP contribution is -2.32. The van der Waals surface area contributed by atoms with Crippen LogP contribution in [0.1, 0.15) is 194 Å². The summed E-state index contributed by atoms with van der Waals surface area (Å²) in [5.74, 6) is -0.660. The quantitative estimate of drug-likeness (QED) is 0.0518. The molecule has 0 aromatic heterocycles. The van der Waals surface area contributed by atoms with Gasteiger partial charge in [-0.2, -0.15) is 0 Å². The van der Waals surface area contributed by atoms with Gasteiger partial charge in [-0.25, -0.2) is 0 Å². The van der Waals surface area contributed by atoms with E-state index in [1.807, 2.05) is 0 Å². The van der Waals surface area contributed by atoms with E-state index in [4.69, 9.17) is 14.2 Å². The molecule has 0 amide bonds. The highest BCUT2D eigenvalue weighted by Crippen LogP contribution is 2.15. The fourth-order valence-electron chi connectivity index (χ4n) is 5.64. The van der Waals surface area contributed by atoms with Gasteiger partial charge in [0, 0.05) is 12.8 Å². The summed E-state index contributed by atoms with van der Waals surface area (Å²) in [5.41, 5.74) is 0. The van der Waals surface area contributed by atoms with Gasteiger partial charge in [0.15, 0.2) is 0 Å². The van der Waals surface area contributed by atoms with Crippen LogP contribution in [0.25, 0.3) is 0 Å². The van der Waals surface area contributed by atoms with Crippen LogP contribution in [0.2, 0.25) is 0 Å². The average molecular weight is 643 g/mol. The molecular formula is C38H74O7. The fraction of sp³-hybridized carbons (Fsp3) is 0.947. The predicted molar refractivity (Wildman–Crippen MR) is 185 cm³/mol. The average Bonchev–Trinajstić information content (AvgIpc) is 3.04. The molecule has 2 atom stereocenters. The van der Waals surface area contributed by atoms with Gasteiger partial charge < -0.3 is 24.4 Å². The van der Waals surface area contributed by atoms with E-state index in [9.17, 15) is 19.8 Å². The summed E-state index contributed by atoms with van der Waals surface area (Å²) < 4.78 is 16.2. The second-order valence-corrected chi connectivity index (χ2v) is 13.1. The number of carbonyl (C=O) groups excluding carboxylic acids is 2. The van der Waals surface area contributed by atoms with Crippen LogP contribution in [0.15, 0.2) is 0 Å². The zero-order valence-corrected chi connectivity index (χ0v) is 29.7. The van der Waals surface area contributed by atoms with E-state index in [0.717, 1.165) is 38.5 Å². The molecule has 0 rings (SSSR count). The number of ether oxygens (including phenoxy) is 3. The van der Waals surface area contributed by atoms with Gasteiger partial charge in [-0.1, -0.05) is 168 Å². The Morgan fingerprint density at radius 1 is 0.422 bits per heavy atom. The van der Waals surface area contributed by atoms with Gasteiger partial charge >= 0.3 is 11.9 Å². The monoisotopic (exact) mass is 643 g/mol. The molecule has 45 heavy (non-hydrogen) atoms. The van der Waals surface area contributed by atoms with Crippen molar-refractivity contribution in [2.45, 2.75) is 206 Å². The third-order valence-electron chi connectivity index (χ3n) is 8.58. The summed E-state index contributed by atoms with van der Waals surface area (Å²) in [6.07, 6.45) is 31.6. The fourth-order valence-corrected chi connectivity index (χ4v) is 5.64. The van der Waals surface area contributed by atoms with Crippen molar-refractivity contribution in [3.8, 4) is 0 Å². The highest BCUT2D eigenvalue weighted by Gasteiger charge is 2.17. The molecule has 7 heteroatoms. The molecule has 0 aliphatic heterocycles. The molecule has 0 radical (unpaired) electrons. The Morgan fingerprint density at radius 2 is 0.667 bits per heavy atom. The second-order valence-electron chi connectivity index (χ2n) is 13.1. The van der Waals surface area contributed by atoms with Crippen LogP contribution >= 0.6 is 0 Å². The molecule has 0 aliphatic carbocycles. The second kappa shape index (κ2) is 35.7. The number of aliphatic hydroxyl groups is 2. The van der Waals surface area contributed by atoms with Crippen molar-refractivity contribution in [1.29, 1.82) is 0 Å². The Hall–Kier alpha value is -1.18. The summed E-state index contributed by atoms with van der Waals surface area (Å²) in [4.78, 5) is 24.4. The summed E-state index contributed by atoms with van der Waals surface area (Å²) in [5, 5.41) is 19.2. The maximum absolute atomic E-state index is 12.2. The van der Waals surface area contributed by atoms with Crippen molar-refractivity contribution in [2.75, 3.05) is 26.4 Å². The number of esters is 2. The Kier molecular flexibility index (Phi) is 34.7. The van der Waals surface area contributed by atoms with Gasteiger partial charge in [0.25, 0.3) is 0 Å². The van der Waals surface area contributed by atoms with Crippen molar-refractivity contribution in [2.24, 2.45) is 0 Å². The maximum Gasteiger partial charge on any atom is 0.306 e. The lowest BCUT2D eigenvalue weighted by Gasteiger charge is -2.19. The van der Waals surface area contributed by atoms with Crippen LogP contribution in [0.3, 0.4) is 0 Å². The topological polar surface area (TPSA) is 102 Å². The van der Waals surface area contributed by atoms with Gasteiger partial charge in [0.2, 0.25) is 0 Å². The van der Waals surface area contributed by atoms with Crippen LogP contribution in [0, 0.1) is 0 Å². The van der Waals surface area contributed by atoms with E-state index in [-0.39, 0.29) is 38.4 Å². The molecule has 0 fully saturated rings. The Labute approximate surface area is 277 Å². The molecule has 0 heterocycles. The molecule has 7 nitrogen and oxygen atoms in total. The SMILES string of the molecule is CCCCCCCCCCCCCCCC(=O)OC(CO)COCC(CO)OC(=O)CCCCCCCCCCCCCCC. The smallest absolute Gasteiger partial charge is 0.306 e.